The standard InChI is InChI=1S/C80H96N4O12/c1-51-17-21-67(81-45-51)69-23-19-65(47-83-69)91-29-25-89-27-31-93-73-53-33-57-41-63(79(9,10)11)43-59(75(57)95-49-71(85)87-15)35-55-39-62(78(6,7)8)40-56(74(55)94-32-28-90-26-30-92-66-20-24-70(84-48-66)68-22-18-52(2)46-82-68)36-60-44-64(80(12,13)14)42-58(76(60)96-50-72(86)88-16)34-54(73)38-61(37-53)77(3,4)5/h17-24,37-48H,25-36,49-50H2,1-16H3. The Hall–Kier alpha value is -8.86. The van der Waals surface area contributed by atoms with Crippen molar-refractivity contribution in [1.82, 2.24) is 19.9 Å². The van der Waals surface area contributed by atoms with E-state index < -0.39 is 11.9 Å². The number of hydrogen-bond acceptors (Lipinski definition) is 16. The van der Waals surface area contributed by atoms with Crippen LogP contribution in [0, 0.1) is 13.8 Å². The number of aromatic nitrogens is 4. The SMILES string of the molecule is COC(=O)COc1c2cc(C(C)(C)C)cc1Cc1cc(C(C)(C)C)cc(c1OCCOCCOc1ccc(-c3ccc(C)cn3)nc1)Cc1cc(C(C)(C)C)cc(c1OCC(=O)OC)Cc1cc(C(C)(C)C)cc(c1OCCOCCOc1ccc(-c3ccc(C)cn3)nc1)C2. The minimum absolute atomic E-state index is 0.207. The van der Waals surface area contributed by atoms with E-state index in [1.165, 1.54) is 14.2 Å². The molecule has 96 heavy (non-hydrogen) atoms. The normalized spacial score (nSPS) is 12.6. The van der Waals surface area contributed by atoms with Crippen LogP contribution in [0.3, 0.4) is 0 Å². The fraction of sp³-hybridized carbons (Fsp3) is 0.425. The van der Waals surface area contributed by atoms with Gasteiger partial charge in [0.05, 0.1) is 75.8 Å². The number of benzene rings is 4. The Labute approximate surface area is 567 Å². The van der Waals surface area contributed by atoms with Gasteiger partial charge in [0.15, 0.2) is 13.2 Å². The molecule has 4 aromatic heterocycles. The molecular formula is C80H96N4O12. The van der Waals surface area contributed by atoms with Gasteiger partial charge in [-0.1, -0.05) is 144 Å². The predicted molar refractivity (Wildman–Crippen MR) is 375 cm³/mol. The summed E-state index contributed by atoms with van der Waals surface area (Å²) < 4.78 is 62.9. The number of hydrogen-bond donors (Lipinski definition) is 0. The molecule has 8 bridgehead atoms. The summed E-state index contributed by atoms with van der Waals surface area (Å²) in [6.07, 6.45) is 8.46. The molecule has 16 heteroatoms. The van der Waals surface area contributed by atoms with Crippen molar-refractivity contribution >= 4 is 11.9 Å². The highest BCUT2D eigenvalue weighted by atomic mass is 16.6. The third kappa shape index (κ3) is 19.2. The number of carbonyl (C=O) groups excluding carboxylic acids is 2. The Bertz CT molecular complexity index is 3600. The molecule has 0 unspecified atom stereocenters. The van der Waals surface area contributed by atoms with Crippen LogP contribution in [-0.2, 0) is 75.9 Å². The van der Waals surface area contributed by atoms with Crippen molar-refractivity contribution in [3.8, 4) is 57.3 Å². The molecule has 4 aromatic carbocycles. The smallest absolute Gasteiger partial charge is 0.343 e. The first-order chi connectivity index (χ1) is 45.6. The Morgan fingerprint density at radius 3 is 0.812 bits per heavy atom. The van der Waals surface area contributed by atoms with Gasteiger partial charge in [0.1, 0.15) is 60.9 Å². The fourth-order valence-corrected chi connectivity index (χ4v) is 11.3. The van der Waals surface area contributed by atoms with E-state index in [2.05, 4.69) is 152 Å². The second-order valence-corrected chi connectivity index (χ2v) is 28.7. The first-order valence-corrected chi connectivity index (χ1v) is 33.1. The zero-order chi connectivity index (χ0) is 69.0. The van der Waals surface area contributed by atoms with Crippen LogP contribution in [0.25, 0.3) is 22.8 Å². The minimum atomic E-state index is -0.511. The number of methoxy groups -OCH3 is 2. The summed E-state index contributed by atoms with van der Waals surface area (Å²) in [4.78, 5) is 44.8. The Balaban J connectivity index is 1.12. The number of ether oxygens (including phenoxy) is 10. The lowest BCUT2D eigenvalue weighted by molar-refractivity contribution is -0.143. The molecule has 1 aliphatic carbocycles. The molecule has 0 N–H and O–H groups in total. The summed E-state index contributed by atoms with van der Waals surface area (Å²) in [6.45, 7) is 32.0. The van der Waals surface area contributed by atoms with E-state index in [0.29, 0.717) is 86.6 Å². The Morgan fingerprint density at radius 2 is 0.583 bits per heavy atom. The molecule has 9 rings (SSSR count). The lowest BCUT2D eigenvalue weighted by atomic mass is 9.79. The van der Waals surface area contributed by atoms with Crippen LogP contribution in [-0.4, -0.2) is 112 Å². The van der Waals surface area contributed by atoms with E-state index in [-0.39, 0.29) is 61.3 Å². The van der Waals surface area contributed by atoms with Crippen molar-refractivity contribution in [2.45, 2.75) is 144 Å². The highest BCUT2D eigenvalue weighted by Gasteiger charge is 2.30. The van der Waals surface area contributed by atoms with Crippen molar-refractivity contribution < 1.29 is 57.0 Å². The van der Waals surface area contributed by atoms with E-state index in [1.807, 2.05) is 74.8 Å². The Kier molecular flexibility index (Phi) is 23.3. The van der Waals surface area contributed by atoms with Gasteiger partial charge in [-0.05, 0) is 150 Å². The lowest BCUT2D eigenvalue weighted by Gasteiger charge is -2.29. The van der Waals surface area contributed by atoms with Crippen molar-refractivity contribution in [2.24, 2.45) is 0 Å². The van der Waals surface area contributed by atoms with E-state index in [0.717, 1.165) is 101 Å². The van der Waals surface area contributed by atoms with Crippen LogP contribution in [0.2, 0.25) is 0 Å². The van der Waals surface area contributed by atoms with Crippen LogP contribution >= 0.6 is 0 Å². The number of nitrogens with zero attached hydrogens (tertiary/aromatic N) is 4. The minimum Gasteiger partial charge on any atom is -0.491 e. The monoisotopic (exact) mass is 1300 g/mol. The largest absolute Gasteiger partial charge is 0.491 e. The van der Waals surface area contributed by atoms with Crippen LogP contribution in [0.5, 0.6) is 34.5 Å². The second-order valence-electron chi connectivity index (χ2n) is 28.7. The molecule has 0 saturated heterocycles. The summed E-state index contributed by atoms with van der Waals surface area (Å²) in [6, 6.07) is 33.3. The van der Waals surface area contributed by atoms with Crippen molar-refractivity contribution in [3.63, 3.8) is 0 Å². The van der Waals surface area contributed by atoms with Gasteiger partial charge < -0.3 is 47.4 Å². The van der Waals surface area contributed by atoms with Gasteiger partial charge in [-0.15, -0.1) is 0 Å². The van der Waals surface area contributed by atoms with Gasteiger partial charge in [-0.2, -0.15) is 0 Å². The highest BCUT2D eigenvalue weighted by molar-refractivity contribution is 5.72. The van der Waals surface area contributed by atoms with Crippen LogP contribution in [0.15, 0.2) is 122 Å². The molecule has 508 valence electrons. The van der Waals surface area contributed by atoms with Gasteiger partial charge >= 0.3 is 11.9 Å². The first-order valence-electron chi connectivity index (χ1n) is 33.1. The van der Waals surface area contributed by atoms with Gasteiger partial charge in [-0.3, -0.25) is 19.9 Å². The maximum atomic E-state index is 13.3. The maximum Gasteiger partial charge on any atom is 0.343 e. The average molecular weight is 1310 g/mol. The maximum absolute atomic E-state index is 13.3. The highest BCUT2D eigenvalue weighted by Crippen LogP contribution is 2.45. The molecule has 0 atom stereocenters. The lowest BCUT2D eigenvalue weighted by Crippen LogP contribution is -2.20. The van der Waals surface area contributed by atoms with Crippen molar-refractivity contribution in [2.75, 3.05) is 80.3 Å². The molecule has 0 saturated carbocycles. The molecule has 0 fully saturated rings. The zero-order valence-corrected chi connectivity index (χ0v) is 59.1. The molecule has 0 spiro atoms. The number of fused-ring (bicyclic) bond motifs is 8. The van der Waals surface area contributed by atoms with Gasteiger partial charge in [0.2, 0.25) is 0 Å². The molecule has 8 aromatic rings. The molecule has 1 aliphatic rings. The van der Waals surface area contributed by atoms with Crippen LogP contribution in [0.1, 0.15) is 161 Å². The topological polar surface area (TPSA) is 178 Å². The second kappa shape index (κ2) is 31.3. The van der Waals surface area contributed by atoms with E-state index in [1.54, 1.807) is 12.4 Å². The summed E-state index contributed by atoms with van der Waals surface area (Å²) in [7, 11) is 2.74. The summed E-state index contributed by atoms with van der Waals surface area (Å²) in [5.41, 5.74) is 15.4. The first kappa shape index (κ1) is 71.4. The van der Waals surface area contributed by atoms with Crippen LogP contribution < -0.4 is 28.4 Å². The third-order valence-corrected chi connectivity index (χ3v) is 16.8. The van der Waals surface area contributed by atoms with E-state index >= 15 is 0 Å². The average Bonchev–Trinajstić information content (AvgIpc) is 0.767. The zero-order valence-electron chi connectivity index (χ0n) is 59.1. The molecule has 0 radical (unpaired) electrons. The molecule has 0 amide bonds. The predicted octanol–water partition coefficient (Wildman–Crippen LogP) is 15.1. The van der Waals surface area contributed by atoms with Gasteiger partial charge in [0.25, 0.3) is 0 Å². The van der Waals surface area contributed by atoms with Crippen LogP contribution in [0.4, 0.5) is 0 Å². The van der Waals surface area contributed by atoms with Gasteiger partial charge in [-0.25, -0.2) is 9.59 Å². The molecule has 16 nitrogen and oxygen atoms in total. The number of carbonyl (C=O) groups is 2. The molecule has 4 heterocycles. The van der Waals surface area contributed by atoms with Crippen molar-refractivity contribution in [1.29, 1.82) is 0 Å². The number of rotatable bonds is 24. The van der Waals surface area contributed by atoms with E-state index in [9.17, 15) is 9.59 Å². The number of aryl methyl sites for hydroxylation is 2. The molecule has 0 aliphatic heterocycles. The summed E-state index contributed by atoms with van der Waals surface area (Å²) in [5, 5.41) is 0. The third-order valence-electron chi connectivity index (χ3n) is 16.8. The molecular weight excluding hydrogens is 1210 g/mol. The Morgan fingerprint density at radius 1 is 0.333 bits per heavy atom. The fourth-order valence-electron chi connectivity index (χ4n) is 11.3. The van der Waals surface area contributed by atoms with Gasteiger partial charge in [0, 0.05) is 38.1 Å². The number of esters is 2. The summed E-state index contributed by atoms with van der Waals surface area (Å²) in [5.74, 6) is 2.72. The summed E-state index contributed by atoms with van der Waals surface area (Å²) >= 11 is 0. The number of pyridine rings is 4. The quantitative estimate of drug-likeness (QED) is 0.0412. The van der Waals surface area contributed by atoms with Crippen molar-refractivity contribution in [3.05, 3.63) is 200 Å². The van der Waals surface area contributed by atoms with E-state index in [4.69, 9.17) is 47.4 Å².